The highest BCUT2D eigenvalue weighted by Gasteiger charge is 2.61. The van der Waals surface area contributed by atoms with E-state index in [1.165, 1.54) is 11.1 Å². The van der Waals surface area contributed by atoms with Gasteiger partial charge in [-0.25, -0.2) is 0 Å². The second-order valence-electron chi connectivity index (χ2n) is 11.7. The number of methoxy groups -OCH3 is 2. The summed E-state index contributed by atoms with van der Waals surface area (Å²) in [6.07, 6.45) is 2.30. The van der Waals surface area contributed by atoms with Gasteiger partial charge >= 0.3 is 0 Å². The quantitative estimate of drug-likeness (QED) is 0.271. The lowest BCUT2D eigenvalue weighted by Crippen LogP contribution is -2.53. The third kappa shape index (κ3) is 4.76. The molecule has 4 aromatic carbocycles. The van der Waals surface area contributed by atoms with Crippen molar-refractivity contribution in [2.75, 3.05) is 27.3 Å². The lowest BCUT2D eigenvalue weighted by molar-refractivity contribution is -0.130. The van der Waals surface area contributed by atoms with E-state index in [0.717, 1.165) is 23.3 Å². The Balaban J connectivity index is 1.41. The van der Waals surface area contributed by atoms with Gasteiger partial charge in [-0.3, -0.25) is 4.79 Å². The largest absolute Gasteiger partial charge is 0.496 e. The Bertz CT molecular complexity index is 1480. The van der Waals surface area contributed by atoms with Crippen LogP contribution in [-0.2, 0) is 22.2 Å². The summed E-state index contributed by atoms with van der Waals surface area (Å²) in [7, 11) is 3.32. The fourth-order valence-corrected chi connectivity index (χ4v) is 7.75. The zero-order chi connectivity index (χ0) is 29.2. The Kier molecular flexibility index (Phi) is 7.78. The number of amides is 1. The molecule has 0 spiro atoms. The van der Waals surface area contributed by atoms with Crippen LogP contribution in [0, 0.1) is 11.8 Å². The summed E-state index contributed by atoms with van der Waals surface area (Å²) in [4.78, 5) is 15.9. The van der Waals surface area contributed by atoms with E-state index >= 15 is 0 Å². The summed E-state index contributed by atoms with van der Waals surface area (Å²) in [6, 6.07) is 37.0. The zero-order valence-electron chi connectivity index (χ0n) is 24.4. The van der Waals surface area contributed by atoms with Crippen molar-refractivity contribution < 1.29 is 19.4 Å². The molecule has 1 saturated heterocycles. The number of aliphatic hydroxyl groups is 1. The van der Waals surface area contributed by atoms with E-state index < -0.39 is 5.60 Å². The van der Waals surface area contributed by atoms with Crippen molar-refractivity contribution in [2.24, 2.45) is 11.8 Å². The number of rotatable bonds is 8. The molecule has 3 atom stereocenters. The summed E-state index contributed by atoms with van der Waals surface area (Å²) in [5.41, 5.74) is 2.81. The number of benzene rings is 4. The van der Waals surface area contributed by atoms with Gasteiger partial charge in [0.2, 0.25) is 5.91 Å². The number of fused-ring (bicyclic) bond motifs is 1. The van der Waals surface area contributed by atoms with Crippen LogP contribution in [0.1, 0.15) is 41.5 Å². The maximum Gasteiger partial charge on any atom is 0.222 e. The van der Waals surface area contributed by atoms with Gasteiger partial charge in [0, 0.05) is 36.4 Å². The van der Waals surface area contributed by atoms with Crippen LogP contribution in [0.4, 0.5) is 0 Å². The van der Waals surface area contributed by atoms with Crippen LogP contribution < -0.4 is 9.47 Å². The molecule has 2 aliphatic rings. The van der Waals surface area contributed by atoms with Crippen molar-refractivity contribution in [3.63, 3.8) is 0 Å². The van der Waals surface area contributed by atoms with Crippen molar-refractivity contribution in [1.82, 2.24) is 4.90 Å². The zero-order valence-corrected chi connectivity index (χ0v) is 24.4. The van der Waals surface area contributed by atoms with Gasteiger partial charge in [-0.1, -0.05) is 97.1 Å². The van der Waals surface area contributed by atoms with Crippen molar-refractivity contribution >= 4 is 5.91 Å². The van der Waals surface area contributed by atoms with Gasteiger partial charge in [0.1, 0.15) is 11.5 Å². The molecule has 216 valence electrons. The van der Waals surface area contributed by atoms with Crippen molar-refractivity contribution in [2.45, 2.75) is 36.7 Å². The third-order valence-corrected chi connectivity index (χ3v) is 9.77. The molecular weight excluding hydrogens is 522 g/mol. The first-order chi connectivity index (χ1) is 20.5. The molecule has 1 amide bonds. The van der Waals surface area contributed by atoms with E-state index in [2.05, 4.69) is 60.7 Å². The lowest BCUT2D eigenvalue weighted by atomic mass is 9.52. The number of para-hydroxylation sites is 2. The fourth-order valence-electron chi connectivity index (χ4n) is 7.75. The van der Waals surface area contributed by atoms with Crippen LogP contribution in [-0.4, -0.2) is 43.2 Å². The molecule has 5 heteroatoms. The second kappa shape index (κ2) is 11.7. The van der Waals surface area contributed by atoms with Gasteiger partial charge < -0.3 is 19.5 Å². The number of hydrogen-bond acceptors (Lipinski definition) is 4. The summed E-state index contributed by atoms with van der Waals surface area (Å²) in [6.45, 7) is 1.07. The average molecular weight is 562 g/mol. The first kappa shape index (κ1) is 28.0. The van der Waals surface area contributed by atoms with Crippen LogP contribution >= 0.6 is 0 Å². The molecular formula is C37H39NO4. The monoisotopic (exact) mass is 561 g/mol. The van der Waals surface area contributed by atoms with E-state index in [1.54, 1.807) is 14.2 Å². The van der Waals surface area contributed by atoms with Gasteiger partial charge in [-0.2, -0.15) is 0 Å². The second-order valence-corrected chi connectivity index (χ2v) is 11.7. The molecule has 1 heterocycles. The topological polar surface area (TPSA) is 59.0 Å². The van der Waals surface area contributed by atoms with E-state index in [9.17, 15) is 9.90 Å². The summed E-state index contributed by atoms with van der Waals surface area (Å²) in [5, 5.41) is 12.7. The molecule has 0 bridgehead atoms. The molecule has 1 aliphatic carbocycles. The van der Waals surface area contributed by atoms with Gasteiger partial charge in [-0.15, -0.1) is 0 Å². The summed E-state index contributed by atoms with van der Waals surface area (Å²) < 4.78 is 11.3. The first-order valence-corrected chi connectivity index (χ1v) is 14.9. The number of carbonyl (C=O) groups is 1. The molecule has 4 aromatic rings. The minimum atomic E-state index is -1.14. The van der Waals surface area contributed by atoms with Gasteiger partial charge in [0.05, 0.1) is 19.8 Å². The number of carbonyl (C=O) groups excluding carboxylic acids is 1. The number of nitrogens with zero attached hydrogens (tertiary/aromatic N) is 1. The highest BCUT2D eigenvalue weighted by Crippen LogP contribution is 2.60. The molecule has 0 radical (unpaired) electrons. The normalized spacial score (nSPS) is 22.8. The Morgan fingerprint density at radius 2 is 1.29 bits per heavy atom. The molecule has 2 unspecified atom stereocenters. The molecule has 42 heavy (non-hydrogen) atoms. The third-order valence-electron chi connectivity index (χ3n) is 9.77. The number of likely N-dealkylation sites (tertiary alicyclic amines) is 1. The number of hydrogen-bond donors (Lipinski definition) is 1. The van der Waals surface area contributed by atoms with Crippen LogP contribution in [0.3, 0.4) is 0 Å². The Hall–Kier alpha value is -4.09. The SMILES string of the molecule is COc1ccccc1CCC(=O)N1CC2[C@H](C1)C(c1ccccc1)(c1ccccc1)CCC2(O)c1ccccc1OC. The predicted molar refractivity (Wildman–Crippen MR) is 165 cm³/mol. The van der Waals surface area contributed by atoms with Crippen LogP contribution in [0.15, 0.2) is 109 Å². The predicted octanol–water partition coefficient (Wildman–Crippen LogP) is 6.38. The summed E-state index contributed by atoms with van der Waals surface area (Å²) >= 11 is 0. The van der Waals surface area contributed by atoms with Gasteiger partial charge in [0.15, 0.2) is 0 Å². The number of ether oxygens (including phenoxy) is 2. The summed E-state index contributed by atoms with van der Waals surface area (Å²) in [5.74, 6) is 1.41. The van der Waals surface area contributed by atoms with E-state index in [-0.39, 0.29) is 23.2 Å². The van der Waals surface area contributed by atoms with E-state index in [1.807, 2.05) is 53.4 Å². The smallest absolute Gasteiger partial charge is 0.222 e. The molecule has 2 fully saturated rings. The maximum absolute atomic E-state index is 13.9. The fraction of sp³-hybridized carbons (Fsp3) is 0.324. The minimum Gasteiger partial charge on any atom is -0.496 e. The van der Waals surface area contributed by atoms with Crippen molar-refractivity contribution in [3.8, 4) is 11.5 Å². The highest BCUT2D eigenvalue weighted by atomic mass is 16.5. The van der Waals surface area contributed by atoms with Crippen molar-refractivity contribution in [3.05, 3.63) is 131 Å². The van der Waals surface area contributed by atoms with Crippen LogP contribution in [0.5, 0.6) is 11.5 Å². The molecule has 1 N–H and O–H groups in total. The van der Waals surface area contributed by atoms with Gasteiger partial charge in [0.25, 0.3) is 0 Å². The van der Waals surface area contributed by atoms with Crippen LogP contribution in [0.2, 0.25) is 0 Å². The Labute approximate surface area is 248 Å². The maximum atomic E-state index is 13.9. The van der Waals surface area contributed by atoms with E-state index in [0.29, 0.717) is 38.1 Å². The Morgan fingerprint density at radius 3 is 1.93 bits per heavy atom. The van der Waals surface area contributed by atoms with Gasteiger partial charge in [-0.05, 0) is 54.0 Å². The molecule has 6 rings (SSSR count). The minimum absolute atomic E-state index is 0.00109. The van der Waals surface area contributed by atoms with E-state index in [4.69, 9.17) is 9.47 Å². The number of aryl methyl sites for hydroxylation is 1. The highest BCUT2D eigenvalue weighted by molar-refractivity contribution is 5.77. The Morgan fingerprint density at radius 1 is 0.738 bits per heavy atom. The molecule has 0 aromatic heterocycles. The first-order valence-electron chi connectivity index (χ1n) is 14.9. The average Bonchev–Trinajstić information content (AvgIpc) is 3.52. The standard InChI is InChI=1S/C37H39NO4/c1-41-33-19-11-9-13-27(33)21-22-35(39)38-25-31-32(26-38)37(40,30-18-10-12-20-34(30)42-2)24-23-36(31,28-14-5-3-6-15-28)29-16-7-4-8-17-29/h3-20,31-32,40H,21-26H2,1-2H3/t31-,32?,37?/m0/s1. The molecule has 1 saturated carbocycles. The van der Waals surface area contributed by atoms with Crippen LogP contribution in [0.25, 0.3) is 0 Å². The molecule has 1 aliphatic heterocycles. The molecule has 5 nitrogen and oxygen atoms in total. The van der Waals surface area contributed by atoms with Crippen molar-refractivity contribution in [1.29, 1.82) is 0 Å². The lowest BCUT2D eigenvalue weighted by Gasteiger charge is -2.53.